The first-order valence-corrected chi connectivity index (χ1v) is 4.94. The minimum absolute atomic E-state index is 0.305. The van der Waals surface area contributed by atoms with E-state index in [4.69, 9.17) is 9.84 Å². The number of hydrogen-bond donors (Lipinski definition) is 1. The number of aryl methyl sites for hydroxylation is 1. The van der Waals surface area contributed by atoms with Crippen LogP contribution in [0.1, 0.15) is 15.9 Å². The van der Waals surface area contributed by atoms with Gasteiger partial charge in [0.1, 0.15) is 5.75 Å². The maximum absolute atomic E-state index is 11.1. The lowest BCUT2D eigenvalue weighted by atomic mass is 10.0. The Bertz CT molecular complexity index is 558. The van der Waals surface area contributed by atoms with Crippen molar-refractivity contribution in [3.63, 3.8) is 0 Å². The lowest BCUT2D eigenvalue weighted by molar-refractivity contribution is 0.0699. The lowest BCUT2D eigenvalue weighted by Crippen LogP contribution is -1.98. The Balaban J connectivity index is 2.85. The van der Waals surface area contributed by atoms with Crippen molar-refractivity contribution in [3.8, 4) is 5.75 Å². The summed E-state index contributed by atoms with van der Waals surface area (Å²) >= 11 is 0. The fourth-order valence-electron chi connectivity index (χ4n) is 1.80. The van der Waals surface area contributed by atoms with Gasteiger partial charge in [0.15, 0.2) is 0 Å². The molecule has 0 atom stereocenters. The molecule has 0 unspecified atom stereocenters. The molecule has 0 radical (unpaired) electrons. The third-order valence-electron chi connectivity index (χ3n) is 2.58. The summed E-state index contributed by atoms with van der Waals surface area (Å²) in [5.41, 5.74) is 1.34. The number of aromatic carboxylic acids is 1. The molecule has 82 valence electrons. The molecule has 2 rings (SSSR count). The monoisotopic (exact) mass is 216 g/mol. The second kappa shape index (κ2) is 3.85. The Morgan fingerprint density at radius 1 is 1.19 bits per heavy atom. The van der Waals surface area contributed by atoms with Gasteiger partial charge < -0.3 is 9.84 Å². The van der Waals surface area contributed by atoms with E-state index in [2.05, 4.69) is 0 Å². The molecule has 3 heteroatoms. The molecule has 1 N–H and O–H groups in total. The van der Waals surface area contributed by atoms with Gasteiger partial charge >= 0.3 is 5.97 Å². The van der Waals surface area contributed by atoms with E-state index < -0.39 is 5.97 Å². The molecular formula is C13H12O3. The molecule has 0 bridgehead atoms. The van der Waals surface area contributed by atoms with Crippen LogP contribution in [0.3, 0.4) is 0 Å². The average molecular weight is 216 g/mol. The molecule has 0 saturated heterocycles. The second-order valence-electron chi connectivity index (χ2n) is 3.67. The summed E-state index contributed by atoms with van der Waals surface area (Å²) in [6, 6.07) is 8.94. The molecule has 2 aromatic rings. The van der Waals surface area contributed by atoms with E-state index in [1.807, 2.05) is 25.1 Å². The van der Waals surface area contributed by atoms with Crippen molar-refractivity contribution in [3.05, 3.63) is 41.5 Å². The number of hydrogen-bond acceptors (Lipinski definition) is 2. The highest BCUT2D eigenvalue weighted by atomic mass is 16.5. The molecule has 0 fully saturated rings. The van der Waals surface area contributed by atoms with Crippen molar-refractivity contribution >= 4 is 16.7 Å². The summed E-state index contributed by atoms with van der Waals surface area (Å²) in [5.74, 6) is -0.224. The fraction of sp³-hybridized carbons (Fsp3) is 0.154. The Hall–Kier alpha value is -2.03. The molecule has 3 nitrogen and oxygen atoms in total. The Morgan fingerprint density at radius 3 is 2.56 bits per heavy atom. The van der Waals surface area contributed by atoms with Gasteiger partial charge in [-0.15, -0.1) is 0 Å². The van der Waals surface area contributed by atoms with E-state index >= 15 is 0 Å². The molecular weight excluding hydrogens is 204 g/mol. The number of methoxy groups -OCH3 is 1. The van der Waals surface area contributed by atoms with Crippen LogP contribution in [0, 0.1) is 6.92 Å². The third-order valence-corrected chi connectivity index (χ3v) is 2.58. The highest BCUT2D eigenvalue weighted by Gasteiger charge is 2.11. The van der Waals surface area contributed by atoms with E-state index in [1.165, 1.54) is 0 Å². The van der Waals surface area contributed by atoms with Crippen molar-refractivity contribution in [2.75, 3.05) is 7.11 Å². The van der Waals surface area contributed by atoms with Crippen LogP contribution in [0.15, 0.2) is 30.3 Å². The van der Waals surface area contributed by atoms with Gasteiger partial charge in [0.25, 0.3) is 0 Å². The van der Waals surface area contributed by atoms with Crippen molar-refractivity contribution in [1.29, 1.82) is 0 Å². The number of carboxylic acid groups (broad SMARTS) is 1. The SMILES string of the molecule is COc1ccc(C(=O)O)c2cc(C)ccc12. The maximum atomic E-state index is 11.1. The first-order valence-electron chi connectivity index (χ1n) is 4.94. The molecule has 2 aromatic carbocycles. The number of rotatable bonds is 2. The standard InChI is InChI=1S/C13H12O3/c1-8-3-4-9-11(7-8)10(13(14)15)5-6-12(9)16-2/h3-7H,1-2H3,(H,14,15). The molecule has 16 heavy (non-hydrogen) atoms. The maximum Gasteiger partial charge on any atom is 0.336 e. The molecule has 0 saturated carbocycles. The van der Waals surface area contributed by atoms with Gasteiger partial charge in [-0.3, -0.25) is 0 Å². The first-order chi connectivity index (χ1) is 7.63. The molecule has 0 amide bonds. The van der Waals surface area contributed by atoms with E-state index in [1.54, 1.807) is 19.2 Å². The van der Waals surface area contributed by atoms with Crippen molar-refractivity contribution in [2.24, 2.45) is 0 Å². The van der Waals surface area contributed by atoms with E-state index in [-0.39, 0.29) is 0 Å². The van der Waals surface area contributed by atoms with Crippen LogP contribution in [0.5, 0.6) is 5.75 Å². The van der Waals surface area contributed by atoms with E-state index in [9.17, 15) is 4.79 Å². The van der Waals surface area contributed by atoms with Gasteiger partial charge in [0, 0.05) is 10.8 Å². The summed E-state index contributed by atoms with van der Waals surface area (Å²) in [5, 5.41) is 10.6. The van der Waals surface area contributed by atoms with Crippen molar-refractivity contribution in [2.45, 2.75) is 6.92 Å². The Kier molecular flexibility index (Phi) is 2.52. The fourth-order valence-corrected chi connectivity index (χ4v) is 1.80. The summed E-state index contributed by atoms with van der Waals surface area (Å²) < 4.78 is 5.21. The molecule has 0 aliphatic carbocycles. The molecule has 0 heterocycles. The topological polar surface area (TPSA) is 46.5 Å². The zero-order valence-corrected chi connectivity index (χ0v) is 9.15. The smallest absolute Gasteiger partial charge is 0.336 e. The predicted molar refractivity (Wildman–Crippen MR) is 62.2 cm³/mol. The number of carbonyl (C=O) groups is 1. The van der Waals surface area contributed by atoms with Crippen molar-refractivity contribution < 1.29 is 14.6 Å². The van der Waals surface area contributed by atoms with Gasteiger partial charge in [-0.25, -0.2) is 4.79 Å². The van der Waals surface area contributed by atoms with Crippen molar-refractivity contribution in [1.82, 2.24) is 0 Å². The Morgan fingerprint density at radius 2 is 1.94 bits per heavy atom. The molecule has 0 aromatic heterocycles. The van der Waals surface area contributed by atoms with E-state index in [0.717, 1.165) is 10.9 Å². The highest BCUT2D eigenvalue weighted by Crippen LogP contribution is 2.29. The van der Waals surface area contributed by atoms with Crippen LogP contribution in [-0.4, -0.2) is 18.2 Å². The van der Waals surface area contributed by atoms with Crippen LogP contribution in [0.25, 0.3) is 10.8 Å². The number of carboxylic acids is 1. The molecule has 0 spiro atoms. The summed E-state index contributed by atoms with van der Waals surface area (Å²) in [7, 11) is 1.58. The minimum Gasteiger partial charge on any atom is -0.496 e. The van der Waals surface area contributed by atoms with Gasteiger partial charge in [-0.1, -0.05) is 23.8 Å². The third kappa shape index (κ3) is 1.60. The van der Waals surface area contributed by atoms with E-state index in [0.29, 0.717) is 16.7 Å². The summed E-state index contributed by atoms with van der Waals surface area (Å²) in [4.78, 5) is 11.1. The molecule has 0 aliphatic heterocycles. The quantitative estimate of drug-likeness (QED) is 0.839. The van der Waals surface area contributed by atoms with Crippen LogP contribution < -0.4 is 4.74 Å². The number of fused-ring (bicyclic) bond motifs is 1. The van der Waals surface area contributed by atoms with Crippen LogP contribution in [0.4, 0.5) is 0 Å². The largest absolute Gasteiger partial charge is 0.496 e. The van der Waals surface area contributed by atoms with Gasteiger partial charge in [0.2, 0.25) is 0 Å². The number of ether oxygens (including phenoxy) is 1. The second-order valence-corrected chi connectivity index (χ2v) is 3.67. The Labute approximate surface area is 93.3 Å². The molecule has 0 aliphatic rings. The van der Waals surface area contributed by atoms with Gasteiger partial charge in [0.05, 0.1) is 12.7 Å². The van der Waals surface area contributed by atoms with Crippen LogP contribution >= 0.6 is 0 Å². The summed E-state index contributed by atoms with van der Waals surface area (Å²) in [6.07, 6.45) is 0. The normalized spacial score (nSPS) is 10.4. The van der Waals surface area contributed by atoms with Crippen LogP contribution in [0.2, 0.25) is 0 Å². The van der Waals surface area contributed by atoms with Gasteiger partial charge in [-0.05, 0) is 19.1 Å². The first kappa shape index (κ1) is 10.5. The zero-order chi connectivity index (χ0) is 11.7. The number of benzene rings is 2. The zero-order valence-electron chi connectivity index (χ0n) is 9.15. The van der Waals surface area contributed by atoms with Gasteiger partial charge in [-0.2, -0.15) is 0 Å². The predicted octanol–water partition coefficient (Wildman–Crippen LogP) is 2.86. The lowest BCUT2D eigenvalue weighted by Gasteiger charge is -2.08. The summed E-state index contributed by atoms with van der Waals surface area (Å²) in [6.45, 7) is 1.94. The average Bonchev–Trinajstić information content (AvgIpc) is 2.26. The van der Waals surface area contributed by atoms with Crippen LogP contribution in [-0.2, 0) is 0 Å². The minimum atomic E-state index is -0.918. The highest BCUT2D eigenvalue weighted by molar-refractivity contribution is 6.05.